The van der Waals surface area contributed by atoms with Crippen LogP contribution < -0.4 is 0 Å². The van der Waals surface area contributed by atoms with Gasteiger partial charge in [-0.05, 0) is 38.0 Å². The van der Waals surface area contributed by atoms with Gasteiger partial charge in [0.25, 0.3) is 10.1 Å². The molecular weight excluding hydrogens is 292 g/mol. The molecule has 1 aliphatic heterocycles. The van der Waals surface area contributed by atoms with E-state index in [-0.39, 0.29) is 16.9 Å². The highest BCUT2D eigenvalue weighted by molar-refractivity contribution is 7.86. The number of ether oxygens (including phenoxy) is 1. The highest BCUT2D eigenvalue weighted by Crippen LogP contribution is 2.34. The molecule has 3 atom stereocenters. The van der Waals surface area contributed by atoms with Gasteiger partial charge in [0, 0.05) is 5.92 Å². The first-order valence-corrected chi connectivity index (χ1v) is 8.25. The summed E-state index contributed by atoms with van der Waals surface area (Å²) in [6, 6.07) is 6.33. The molecule has 3 rings (SSSR count). The summed E-state index contributed by atoms with van der Waals surface area (Å²) in [6.07, 6.45) is 3.79. The molecular formula is C15H16O5S. The van der Waals surface area contributed by atoms with Crippen molar-refractivity contribution < 1.29 is 22.1 Å². The van der Waals surface area contributed by atoms with E-state index >= 15 is 0 Å². The van der Waals surface area contributed by atoms with Crippen LogP contribution in [0.3, 0.4) is 0 Å². The molecule has 0 spiro atoms. The fourth-order valence-corrected chi connectivity index (χ4v) is 3.73. The summed E-state index contributed by atoms with van der Waals surface area (Å²) in [6.45, 7) is 1.87. The molecule has 0 amide bonds. The Hall–Kier alpha value is -1.66. The number of benzene rings is 1. The van der Waals surface area contributed by atoms with Gasteiger partial charge in [-0.15, -0.1) is 0 Å². The predicted octanol–water partition coefficient (Wildman–Crippen LogP) is 1.96. The molecule has 1 aromatic carbocycles. The maximum Gasteiger partial charge on any atom is 0.337 e. The van der Waals surface area contributed by atoms with Gasteiger partial charge < -0.3 is 4.74 Å². The predicted molar refractivity (Wildman–Crippen MR) is 75.0 cm³/mol. The van der Waals surface area contributed by atoms with Gasteiger partial charge in [0.1, 0.15) is 6.10 Å². The Kier molecular flexibility index (Phi) is 3.59. The maximum atomic E-state index is 12.3. The Labute approximate surface area is 123 Å². The van der Waals surface area contributed by atoms with E-state index in [0.29, 0.717) is 6.42 Å². The lowest BCUT2D eigenvalue weighted by Crippen LogP contribution is -2.31. The highest BCUT2D eigenvalue weighted by Gasteiger charge is 2.47. The van der Waals surface area contributed by atoms with Crippen molar-refractivity contribution in [1.29, 1.82) is 0 Å². The van der Waals surface area contributed by atoms with Crippen LogP contribution in [0.1, 0.15) is 18.4 Å². The standard InChI is InChI=1S/C15H16O5S/c1-10-6-8-11(9-7-10)21(17,18)20-14-12-4-2-3-5-13(12)19-15(14)16/h3,5-9,12-14H,2,4H2,1H3/t12-,13+,14+/m0/s1. The summed E-state index contributed by atoms with van der Waals surface area (Å²) >= 11 is 0. The first-order chi connectivity index (χ1) is 9.97. The van der Waals surface area contributed by atoms with E-state index < -0.39 is 22.2 Å². The van der Waals surface area contributed by atoms with Gasteiger partial charge in [0.05, 0.1) is 4.90 Å². The van der Waals surface area contributed by atoms with Gasteiger partial charge in [-0.25, -0.2) is 4.79 Å². The van der Waals surface area contributed by atoms with Crippen molar-refractivity contribution in [3.05, 3.63) is 42.0 Å². The van der Waals surface area contributed by atoms with Crippen molar-refractivity contribution >= 4 is 16.1 Å². The van der Waals surface area contributed by atoms with Crippen molar-refractivity contribution in [3.63, 3.8) is 0 Å². The molecule has 21 heavy (non-hydrogen) atoms. The Morgan fingerprint density at radius 2 is 1.95 bits per heavy atom. The van der Waals surface area contributed by atoms with Gasteiger partial charge in [0.15, 0.2) is 6.10 Å². The van der Waals surface area contributed by atoms with Crippen LogP contribution in [0.5, 0.6) is 0 Å². The van der Waals surface area contributed by atoms with Crippen LogP contribution >= 0.6 is 0 Å². The summed E-state index contributed by atoms with van der Waals surface area (Å²) in [7, 11) is -3.97. The number of carbonyl (C=O) groups is 1. The number of hydrogen-bond acceptors (Lipinski definition) is 5. The summed E-state index contributed by atoms with van der Waals surface area (Å²) in [4.78, 5) is 11.9. The second kappa shape index (κ2) is 5.27. The molecule has 0 bridgehead atoms. The minimum atomic E-state index is -3.97. The Morgan fingerprint density at radius 3 is 2.67 bits per heavy atom. The van der Waals surface area contributed by atoms with Crippen LogP contribution in [-0.2, 0) is 23.8 Å². The maximum absolute atomic E-state index is 12.3. The average Bonchev–Trinajstić information content (AvgIpc) is 2.75. The van der Waals surface area contributed by atoms with E-state index in [9.17, 15) is 13.2 Å². The summed E-state index contributed by atoms with van der Waals surface area (Å²) < 4.78 is 34.9. The number of allylic oxidation sites excluding steroid dienone is 1. The quantitative estimate of drug-likeness (QED) is 0.485. The van der Waals surface area contributed by atoms with E-state index in [0.717, 1.165) is 12.0 Å². The molecule has 2 aliphatic rings. The average molecular weight is 308 g/mol. The fourth-order valence-electron chi connectivity index (χ4n) is 2.66. The number of fused-ring (bicyclic) bond motifs is 1. The van der Waals surface area contributed by atoms with E-state index in [4.69, 9.17) is 8.92 Å². The molecule has 0 aromatic heterocycles. The van der Waals surface area contributed by atoms with Crippen LogP contribution in [0.2, 0.25) is 0 Å². The van der Waals surface area contributed by atoms with Crippen LogP contribution in [-0.4, -0.2) is 26.6 Å². The third kappa shape index (κ3) is 2.73. The van der Waals surface area contributed by atoms with Gasteiger partial charge >= 0.3 is 5.97 Å². The first-order valence-electron chi connectivity index (χ1n) is 6.84. The van der Waals surface area contributed by atoms with E-state index in [1.165, 1.54) is 12.1 Å². The molecule has 1 saturated heterocycles. The van der Waals surface area contributed by atoms with Crippen LogP contribution in [0.4, 0.5) is 0 Å². The van der Waals surface area contributed by atoms with Crippen molar-refractivity contribution in [2.24, 2.45) is 5.92 Å². The molecule has 0 N–H and O–H groups in total. The molecule has 0 saturated carbocycles. The fraction of sp³-hybridized carbons (Fsp3) is 0.400. The molecule has 0 radical (unpaired) electrons. The zero-order chi connectivity index (χ0) is 15.0. The van der Waals surface area contributed by atoms with Gasteiger partial charge in [0.2, 0.25) is 0 Å². The molecule has 1 aliphatic carbocycles. The molecule has 112 valence electrons. The van der Waals surface area contributed by atoms with E-state index in [2.05, 4.69) is 0 Å². The molecule has 0 unspecified atom stereocenters. The number of aryl methyl sites for hydroxylation is 1. The van der Waals surface area contributed by atoms with Crippen LogP contribution in [0.15, 0.2) is 41.3 Å². The lowest BCUT2D eigenvalue weighted by molar-refractivity contribution is -0.145. The number of carbonyl (C=O) groups excluding carboxylic acids is 1. The SMILES string of the molecule is Cc1ccc(S(=O)(=O)O[C@H]2C(=O)O[C@@H]3C=CCC[C@@H]32)cc1. The van der Waals surface area contributed by atoms with Gasteiger partial charge in [-0.3, -0.25) is 4.18 Å². The van der Waals surface area contributed by atoms with Crippen LogP contribution in [0.25, 0.3) is 0 Å². The second-order valence-corrected chi connectivity index (χ2v) is 6.93. The molecule has 1 aromatic rings. The van der Waals surface area contributed by atoms with Crippen molar-refractivity contribution in [3.8, 4) is 0 Å². The Balaban J connectivity index is 1.83. The molecule has 1 fully saturated rings. The minimum absolute atomic E-state index is 0.0516. The van der Waals surface area contributed by atoms with Gasteiger partial charge in [-0.2, -0.15) is 8.42 Å². The van der Waals surface area contributed by atoms with Gasteiger partial charge in [-0.1, -0.05) is 23.8 Å². The highest BCUT2D eigenvalue weighted by atomic mass is 32.2. The smallest absolute Gasteiger partial charge is 0.337 e. The first kappa shape index (κ1) is 14.3. The summed E-state index contributed by atoms with van der Waals surface area (Å²) in [5.41, 5.74) is 0.951. The Bertz CT molecular complexity index is 675. The topological polar surface area (TPSA) is 69.7 Å². The van der Waals surface area contributed by atoms with E-state index in [1.54, 1.807) is 18.2 Å². The number of rotatable bonds is 3. The zero-order valence-electron chi connectivity index (χ0n) is 11.6. The Morgan fingerprint density at radius 1 is 1.24 bits per heavy atom. The number of esters is 1. The summed E-state index contributed by atoms with van der Waals surface area (Å²) in [5.74, 6) is -0.838. The van der Waals surface area contributed by atoms with Crippen molar-refractivity contribution in [1.82, 2.24) is 0 Å². The monoisotopic (exact) mass is 308 g/mol. The third-order valence-corrected chi connectivity index (χ3v) is 5.14. The lowest BCUT2D eigenvalue weighted by Gasteiger charge is -2.20. The molecule has 1 heterocycles. The third-order valence-electron chi connectivity index (χ3n) is 3.83. The minimum Gasteiger partial charge on any atom is -0.456 e. The summed E-state index contributed by atoms with van der Waals surface area (Å²) in [5, 5.41) is 0. The van der Waals surface area contributed by atoms with Crippen molar-refractivity contribution in [2.75, 3.05) is 0 Å². The molecule has 6 heteroatoms. The lowest BCUT2D eigenvalue weighted by atomic mass is 9.89. The number of hydrogen-bond donors (Lipinski definition) is 0. The second-order valence-electron chi connectivity index (χ2n) is 5.35. The zero-order valence-corrected chi connectivity index (χ0v) is 12.4. The molecule has 5 nitrogen and oxygen atoms in total. The van der Waals surface area contributed by atoms with Crippen LogP contribution in [0, 0.1) is 12.8 Å². The largest absolute Gasteiger partial charge is 0.456 e. The van der Waals surface area contributed by atoms with Crippen molar-refractivity contribution in [2.45, 2.75) is 36.9 Å². The van der Waals surface area contributed by atoms with E-state index in [1.807, 2.05) is 13.0 Å². The normalized spacial score (nSPS) is 28.2.